The maximum absolute atomic E-state index is 8.53. The molecule has 0 aromatic heterocycles. The van der Waals surface area contributed by atoms with Crippen molar-refractivity contribution >= 4 is 0 Å². The van der Waals surface area contributed by atoms with Gasteiger partial charge in [0.05, 0.1) is 6.61 Å². The highest BCUT2D eigenvalue weighted by Gasteiger charge is 1.89. The Kier molecular flexibility index (Phi) is 14.3. The van der Waals surface area contributed by atoms with Crippen LogP contribution in [0.2, 0.25) is 0 Å². The van der Waals surface area contributed by atoms with Crippen LogP contribution < -0.4 is 0 Å². The van der Waals surface area contributed by atoms with Crippen molar-refractivity contribution in [1.82, 2.24) is 0 Å². The Morgan fingerprint density at radius 2 is 1.69 bits per heavy atom. The van der Waals surface area contributed by atoms with Gasteiger partial charge in [-0.15, -0.1) is 0 Å². The Morgan fingerprint density at radius 3 is 2.44 bits per heavy atom. The first-order valence-corrected chi connectivity index (χ1v) is 6.33. The maximum atomic E-state index is 8.53. The predicted octanol–water partition coefficient (Wildman–Crippen LogP) is 2.89. The summed E-state index contributed by atoms with van der Waals surface area (Å²) in [5.41, 5.74) is 0. The molecule has 0 bridgehead atoms. The Hall–Kier alpha value is -0.380. The lowest BCUT2D eigenvalue weighted by atomic mass is 10.2. The minimum Gasteiger partial charge on any atom is -0.396 e. The van der Waals surface area contributed by atoms with E-state index in [2.05, 4.69) is 6.92 Å². The Labute approximate surface area is 99.5 Å². The third-order valence-corrected chi connectivity index (χ3v) is 2.20. The van der Waals surface area contributed by atoms with Gasteiger partial charge in [0, 0.05) is 13.2 Å². The Morgan fingerprint density at radius 1 is 0.938 bits per heavy atom. The summed E-state index contributed by atoms with van der Waals surface area (Å²) in [7, 11) is 0. The fourth-order valence-corrected chi connectivity index (χ4v) is 1.27. The summed E-state index contributed by atoms with van der Waals surface area (Å²) in [5, 5.41) is 8.53. The highest BCUT2D eigenvalue weighted by Crippen LogP contribution is 1.98. The van der Waals surface area contributed by atoms with E-state index in [4.69, 9.17) is 14.6 Å². The summed E-state index contributed by atoms with van der Waals surface area (Å²) in [6.07, 6.45) is 10.5. The molecule has 0 atom stereocenters. The van der Waals surface area contributed by atoms with E-state index in [1.165, 1.54) is 19.3 Å². The molecule has 0 spiro atoms. The molecule has 0 unspecified atom stereocenters. The van der Waals surface area contributed by atoms with Crippen molar-refractivity contribution in [1.29, 1.82) is 0 Å². The van der Waals surface area contributed by atoms with Gasteiger partial charge >= 0.3 is 0 Å². The number of aliphatic hydroxyl groups excluding tert-OH is 1. The molecule has 3 nitrogen and oxygen atoms in total. The van der Waals surface area contributed by atoms with Crippen LogP contribution >= 0.6 is 0 Å². The van der Waals surface area contributed by atoms with Gasteiger partial charge in [0.2, 0.25) is 0 Å². The van der Waals surface area contributed by atoms with Gasteiger partial charge in [0.15, 0.2) is 0 Å². The summed E-state index contributed by atoms with van der Waals surface area (Å²) in [6, 6.07) is 0. The third-order valence-electron chi connectivity index (χ3n) is 2.20. The van der Waals surface area contributed by atoms with Crippen molar-refractivity contribution in [2.75, 3.05) is 26.6 Å². The van der Waals surface area contributed by atoms with Gasteiger partial charge in [-0.05, 0) is 19.3 Å². The molecule has 0 rings (SSSR count). The third kappa shape index (κ3) is 13.6. The second kappa shape index (κ2) is 14.6. The lowest BCUT2D eigenvalue weighted by Crippen LogP contribution is -2.02. The molecule has 0 fully saturated rings. The number of rotatable bonds is 12. The van der Waals surface area contributed by atoms with E-state index in [0.717, 1.165) is 25.9 Å². The number of unbranched alkanes of at least 4 members (excludes halogenated alkanes) is 3. The topological polar surface area (TPSA) is 38.7 Å². The van der Waals surface area contributed by atoms with Crippen LogP contribution in [0.4, 0.5) is 0 Å². The summed E-state index contributed by atoms with van der Waals surface area (Å²) in [6.45, 7) is 4.32. The highest BCUT2D eigenvalue weighted by molar-refractivity contribution is 4.80. The van der Waals surface area contributed by atoms with Crippen molar-refractivity contribution in [3.8, 4) is 0 Å². The van der Waals surface area contributed by atoms with Gasteiger partial charge in [0.25, 0.3) is 0 Å². The summed E-state index contributed by atoms with van der Waals surface area (Å²) < 4.78 is 10.6. The average Bonchev–Trinajstić information content (AvgIpc) is 2.31. The lowest BCUT2D eigenvalue weighted by molar-refractivity contribution is -0.0531. The van der Waals surface area contributed by atoms with E-state index < -0.39 is 0 Å². The van der Waals surface area contributed by atoms with Crippen molar-refractivity contribution in [3.05, 3.63) is 12.2 Å². The quantitative estimate of drug-likeness (QED) is 0.318. The first kappa shape index (κ1) is 15.6. The van der Waals surface area contributed by atoms with Gasteiger partial charge in [-0.3, -0.25) is 0 Å². The van der Waals surface area contributed by atoms with Crippen LogP contribution in [0.5, 0.6) is 0 Å². The molecular formula is C13H26O3. The van der Waals surface area contributed by atoms with Crippen LogP contribution in [0.15, 0.2) is 12.2 Å². The average molecular weight is 230 g/mol. The first-order valence-electron chi connectivity index (χ1n) is 6.33. The van der Waals surface area contributed by atoms with E-state index in [-0.39, 0.29) is 6.61 Å². The second-order valence-corrected chi connectivity index (χ2v) is 3.77. The molecular weight excluding hydrogens is 204 g/mol. The zero-order chi connectivity index (χ0) is 11.9. The van der Waals surface area contributed by atoms with Gasteiger partial charge in [-0.1, -0.05) is 38.3 Å². The van der Waals surface area contributed by atoms with Crippen molar-refractivity contribution in [2.24, 2.45) is 0 Å². The first-order chi connectivity index (χ1) is 7.91. The van der Waals surface area contributed by atoms with Crippen molar-refractivity contribution in [2.45, 2.75) is 45.4 Å². The molecule has 0 saturated heterocycles. The molecule has 0 aliphatic carbocycles. The number of hydrogen-bond acceptors (Lipinski definition) is 3. The van der Waals surface area contributed by atoms with Crippen LogP contribution in [-0.2, 0) is 9.47 Å². The predicted molar refractivity (Wildman–Crippen MR) is 66.4 cm³/mol. The van der Waals surface area contributed by atoms with Gasteiger partial charge in [0.1, 0.15) is 6.79 Å². The molecule has 0 aromatic rings. The lowest BCUT2D eigenvalue weighted by Gasteiger charge is -2.04. The van der Waals surface area contributed by atoms with E-state index in [0.29, 0.717) is 13.4 Å². The minimum absolute atomic E-state index is 0.220. The molecule has 0 aliphatic rings. The van der Waals surface area contributed by atoms with Crippen LogP contribution in [0.3, 0.4) is 0 Å². The van der Waals surface area contributed by atoms with Crippen molar-refractivity contribution in [3.63, 3.8) is 0 Å². The number of hydrogen-bond donors (Lipinski definition) is 1. The van der Waals surface area contributed by atoms with Crippen LogP contribution in [0, 0.1) is 0 Å². The number of aliphatic hydroxyl groups is 1. The SMILES string of the molecule is CCCCCCOCOCCC=CCCO. The summed E-state index contributed by atoms with van der Waals surface area (Å²) in [5.74, 6) is 0. The molecule has 0 radical (unpaired) electrons. The number of ether oxygens (including phenoxy) is 2. The molecule has 0 aliphatic heterocycles. The van der Waals surface area contributed by atoms with Gasteiger partial charge in [-0.25, -0.2) is 0 Å². The summed E-state index contributed by atoms with van der Waals surface area (Å²) >= 11 is 0. The largest absolute Gasteiger partial charge is 0.396 e. The van der Waals surface area contributed by atoms with Crippen molar-refractivity contribution < 1.29 is 14.6 Å². The van der Waals surface area contributed by atoms with E-state index in [9.17, 15) is 0 Å². The maximum Gasteiger partial charge on any atom is 0.146 e. The van der Waals surface area contributed by atoms with E-state index in [1.54, 1.807) is 0 Å². The molecule has 0 heterocycles. The molecule has 3 heteroatoms. The smallest absolute Gasteiger partial charge is 0.146 e. The monoisotopic (exact) mass is 230 g/mol. The van der Waals surface area contributed by atoms with E-state index in [1.807, 2.05) is 12.2 Å². The Bertz CT molecular complexity index is 146. The molecule has 0 aromatic carbocycles. The molecule has 0 saturated carbocycles. The normalized spacial score (nSPS) is 11.4. The van der Waals surface area contributed by atoms with Gasteiger partial charge < -0.3 is 14.6 Å². The molecule has 96 valence electrons. The highest BCUT2D eigenvalue weighted by atomic mass is 16.7. The molecule has 0 amide bonds. The molecule has 1 N–H and O–H groups in total. The van der Waals surface area contributed by atoms with E-state index >= 15 is 0 Å². The van der Waals surface area contributed by atoms with Crippen LogP contribution in [0.25, 0.3) is 0 Å². The fourth-order valence-electron chi connectivity index (χ4n) is 1.27. The standard InChI is InChI=1S/C13H26O3/c1-2-3-4-8-11-15-13-16-12-9-6-5-7-10-14/h5-6,14H,2-4,7-13H2,1H3. The van der Waals surface area contributed by atoms with Crippen LogP contribution in [-0.4, -0.2) is 31.7 Å². The second-order valence-electron chi connectivity index (χ2n) is 3.77. The Balaban J connectivity index is 2.93. The summed E-state index contributed by atoms with van der Waals surface area (Å²) in [4.78, 5) is 0. The molecule has 16 heavy (non-hydrogen) atoms. The zero-order valence-corrected chi connectivity index (χ0v) is 10.5. The van der Waals surface area contributed by atoms with Crippen LogP contribution in [0.1, 0.15) is 45.4 Å². The fraction of sp³-hybridized carbons (Fsp3) is 0.846. The van der Waals surface area contributed by atoms with Gasteiger partial charge in [-0.2, -0.15) is 0 Å². The zero-order valence-electron chi connectivity index (χ0n) is 10.5. The minimum atomic E-state index is 0.220.